The number of piperidine rings is 1. The maximum atomic E-state index is 5.84. The van der Waals surface area contributed by atoms with Gasteiger partial charge in [0.1, 0.15) is 0 Å². The summed E-state index contributed by atoms with van der Waals surface area (Å²) in [6, 6.07) is 8.83. The fraction of sp³-hybridized carbons (Fsp3) is 0.571. The molecule has 1 aromatic carbocycles. The molecule has 1 heterocycles. The number of benzene rings is 1. The summed E-state index contributed by atoms with van der Waals surface area (Å²) in [4.78, 5) is 2.54. The molecule has 2 nitrogen and oxygen atoms in total. The van der Waals surface area contributed by atoms with Gasteiger partial charge in [-0.3, -0.25) is 4.90 Å². The topological polar surface area (TPSA) is 29.3 Å². The van der Waals surface area contributed by atoms with E-state index in [2.05, 4.69) is 58.7 Å². The molecule has 0 bridgehead atoms. The van der Waals surface area contributed by atoms with Gasteiger partial charge in [0, 0.05) is 16.7 Å². The fourth-order valence-corrected chi connectivity index (χ4v) is 2.88. The summed E-state index contributed by atoms with van der Waals surface area (Å²) in [6.07, 6.45) is 1.28. The molecule has 1 aliphatic rings. The lowest BCUT2D eigenvalue weighted by Gasteiger charge is -2.36. The monoisotopic (exact) mass is 344 g/mol. The molecule has 0 aromatic heterocycles. The molecule has 2 N–H and O–H groups in total. The Hall–Kier alpha value is -0.130. The highest BCUT2D eigenvalue weighted by Crippen LogP contribution is 2.23. The molecule has 1 saturated heterocycles. The predicted octanol–water partition coefficient (Wildman–Crippen LogP) is 2.71. The van der Waals surface area contributed by atoms with Crippen molar-refractivity contribution < 1.29 is 0 Å². The SMILES string of the molecule is CC1CCN(Cc2ccc(I)cc2)CC1CN. The molecule has 2 rings (SSSR count). The van der Waals surface area contributed by atoms with E-state index in [1.165, 1.54) is 22.1 Å². The van der Waals surface area contributed by atoms with Gasteiger partial charge in [0.2, 0.25) is 0 Å². The van der Waals surface area contributed by atoms with Crippen LogP contribution in [0.2, 0.25) is 0 Å². The Balaban J connectivity index is 1.93. The van der Waals surface area contributed by atoms with E-state index in [0.29, 0.717) is 5.92 Å². The van der Waals surface area contributed by atoms with E-state index in [1.807, 2.05) is 0 Å². The average Bonchev–Trinajstić information content (AvgIpc) is 2.34. The molecule has 1 fully saturated rings. The molecule has 0 amide bonds. The summed E-state index contributed by atoms with van der Waals surface area (Å²) < 4.78 is 1.30. The molecular formula is C14H21IN2. The quantitative estimate of drug-likeness (QED) is 0.855. The number of hydrogen-bond acceptors (Lipinski definition) is 2. The maximum absolute atomic E-state index is 5.84. The lowest BCUT2D eigenvalue weighted by atomic mass is 9.87. The van der Waals surface area contributed by atoms with Crippen LogP contribution in [0.3, 0.4) is 0 Å². The number of hydrogen-bond donors (Lipinski definition) is 1. The van der Waals surface area contributed by atoms with Gasteiger partial charge in [-0.1, -0.05) is 19.1 Å². The molecule has 1 aliphatic heterocycles. The van der Waals surface area contributed by atoms with Crippen molar-refractivity contribution in [3.8, 4) is 0 Å². The lowest BCUT2D eigenvalue weighted by molar-refractivity contribution is 0.126. The van der Waals surface area contributed by atoms with Crippen molar-refractivity contribution in [2.24, 2.45) is 17.6 Å². The van der Waals surface area contributed by atoms with Crippen LogP contribution in [0, 0.1) is 15.4 Å². The average molecular weight is 344 g/mol. The third kappa shape index (κ3) is 3.66. The summed E-state index contributed by atoms with van der Waals surface area (Å²) in [5, 5.41) is 0. The first-order chi connectivity index (χ1) is 8.19. The van der Waals surface area contributed by atoms with Gasteiger partial charge in [-0.2, -0.15) is 0 Å². The van der Waals surface area contributed by atoms with E-state index in [1.54, 1.807) is 0 Å². The largest absolute Gasteiger partial charge is 0.330 e. The minimum Gasteiger partial charge on any atom is -0.330 e. The van der Waals surface area contributed by atoms with Crippen molar-refractivity contribution in [3.63, 3.8) is 0 Å². The van der Waals surface area contributed by atoms with E-state index in [0.717, 1.165) is 25.6 Å². The Kier molecular flexibility index (Phi) is 4.82. The van der Waals surface area contributed by atoms with E-state index < -0.39 is 0 Å². The molecule has 17 heavy (non-hydrogen) atoms. The van der Waals surface area contributed by atoms with Crippen LogP contribution in [0.5, 0.6) is 0 Å². The Morgan fingerprint density at radius 1 is 1.35 bits per heavy atom. The van der Waals surface area contributed by atoms with Crippen LogP contribution in [-0.2, 0) is 6.54 Å². The highest BCUT2D eigenvalue weighted by Gasteiger charge is 2.24. The molecule has 2 atom stereocenters. The first-order valence-electron chi connectivity index (χ1n) is 6.36. The summed E-state index contributed by atoms with van der Waals surface area (Å²) in [5.74, 6) is 1.46. The standard InChI is InChI=1S/C14H21IN2/c1-11-6-7-17(10-13(11)8-16)9-12-2-4-14(15)5-3-12/h2-5,11,13H,6-10,16H2,1H3. The summed E-state index contributed by atoms with van der Waals surface area (Å²) in [7, 11) is 0. The summed E-state index contributed by atoms with van der Waals surface area (Å²) in [6.45, 7) is 6.59. The van der Waals surface area contributed by atoms with Crippen LogP contribution in [0.4, 0.5) is 0 Å². The lowest BCUT2D eigenvalue weighted by Crippen LogP contribution is -2.42. The molecule has 0 spiro atoms. The normalized spacial score (nSPS) is 26.1. The minimum atomic E-state index is 0.674. The smallest absolute Gasteiger partial charge is 0.0233 e. The van der Waals surface area contributed by atoms with Gasteiger partial charge in [0.25, 0.3) is 0 Å². The first-order valence-corrected chi connectivity index (χ1v) is 7.44. The molecular weight excluding hydrogens is 323 g/mol. The summed E-state index contributed by atoms with van der Waals surface area (Å²) in [5.41, 5.74) is 7.25. The van der Waals surface area contributed by atoms with Gasteiger partial charge in [0.05, 0.1) is 0 Å². The van der Waals surface area contributed by atoms with Crippen molar-refractivity contribution >= 4 is 22.6 Å². The third-order valence-electron chi connectivity index (χ3n) is 3.82. The number of halogens is 1. The maximum Gasteiger partial charge on any atom is 0.0233 e. The van der Waals surface area contributed by atoms with Gasteiger partial charge < -0.3 is 5.73 Å². The number of rotatable bonds is 3. The Labute approximate surface area is 118 Å². The van der Waals surface area contributed by atoms with Crippen LogP contribution < -0.4 is 5.73 Å². The van der Waals surface area contributed by atoms with Gasteiger partial charge in [-0.25, -0.2) is 0 Å². The van der Waals surface area contributed by atoms with E-state index in [9.17, 15) is 0 Å². The number of nitrogens with zero attached hydrogens (tertiary/aromatic N) is 1. The van der Waals surface area contributed by atoms with Gasteiger partial charge >= 0.3 is 0 Å². The minimum absolute atomic E-state index is 0.674. The Morgan fingerprint density at radius 3 is 2.71 bits per heavy atom. The molecule has 1 aromatic rings. The molecule has 3 heteroatoms. The molecule has 0 aliphatic carbocycles. The molecule has 2 unspecified atom stereocenters. The van der Waals surface area contributed by atoms with Crippen LogP contribution >= 0.6 is 22.6 Å². The number of nitrogens with two attached hydrogens (primary N) is 1. The summed E-state index contributed by atoms with van der Waals surface area (Å²) >= 11 is 2.35. The van der Waals surface area contributed by atoms with E-state index >= 15 is 0 Å². The fourth-order valence-electron chi connectivity index (χ4n) is 2.52. The van der Waals surface area contributed by atoms with Gasteiger partial charge in [0.15, 0.2) is 0 Å². The van der Waals surface area contributed by atoms with Crippen molar-refractivity contribution in [3.05, 3.63) is 33.4 Å². The second-order valence-corrected chi connectivity index (χ2v) is 6.37. The van der Waals surface area contributed by atoms with Crippen molar-refractivity contribution in [1.82, 2.24) is 4.90 Å². The van der Waals surface area contributed by atoms with Crippen LogP contribution in [-0.4, -0.2) is 24.5 Å². The first kappa shape index (κ1) is 13.3. The third-order valence-corrected chi connectivity index (χ3v) is 4.54. The molecule has 0 saturated carbocycles. The van der Waals surface area contributed by atoms with Crippen LogP contribution in [0.15, 0.2) is 24.3 Å². The van der Waals surface area contributed by atoms with Crippen molar-refractivity contribution in [1.29, 1.82) is 0 Å². The zero-order chi connectivity index (χ0) is 12.3. The molecule has 0 radical (unpaired) electrons. The zero-order valence-electron chi connectivity index (χ0n) is 10.4. The Morgan fingerprint density at radius 2 is 2.06 bits per heavy atom. The number of likely N-dealkylation sites (tertiary alicyclic amines) is 1. The highest BCUT2D eigenvalue weighted by molar-refractivity contribution is 14.1. The van der Waals surface area contributed by atoms with Crippen molar-refractivity contribution in [2.45, 2.75) is 19.9 Å². The Bertz CT molecular complexity index is 350. The van der Waals surface area contributed by atoms with E-state index in [-0.39, 0.29) is 0 Å². The van der Waals surface area contributed by atoms with Gasteiger partial charge in [-0.05, 0) is 71.6 Å². The molecule has 94 valence electrons. The second kappa shape index (κ2) is 6.16. The second-order valence-electron chi connectivity index (χ2n) is 5.12. The van der Waals surface area contributed by atoms with Crippen molar-refractivity contribution in [2.75, 3.05) is 19.6 Å². The highest BCUT2D eigenvalue weighted by atomic mass is 127. The van der Waals surface area contributed by atoms with E-state index in [4.69, 9.17) is 5.73 Å². The van der Waals surface area contributed by atoms with Crippen LogP contribution in [0.1, 0.15) is 18.9 Å². The van der Waals surface area contributed by atoms with Crippen LogP contribution in [0.25, 0.3) is 0 Å². The predicted molar refractivity (Wildman–Crippen MR) is 80.8 cm³/mol. The van der Waals surface area contributed by atoms with Gasteiger partial charge in [-0.15, -0.1) is 0 Å². The zero-order valence-corrected chi connectivity index (χ0v) is 12.6.